The SMILES string of the molecule is O=C(NCCOCC1CC1)c1cc([N+](=O)[O-])cc(Cl)c1Cl. The van der Waals surface area contributed by atoms with Crippen LogP contribution in [0.5, 0.6) is 0 Å². The lowest BCUT2D eigenvalue weighted by Crippen LogP contribution is -2.27. The van der Waals surface area contributed by atoms with Crippen LogP contribution < -0.4 is 5.32 Å². The van der Waals surface area contributed by atoms with Crippen molar-refractivity contribution >= 4 is 34.8 Å². The summed E-state index contributed by atoms with van der Waals surface area (Å²) in [4.78, 5) is 22.1. The first kappa shape index (κ1) is 16.0. The molecule has 1 aliphatic rings. The van der Waals surface area contributed by atoms with E-state index >= 15 is 0 Å². The Morgan fingerprint density at radius 3 is 2.76 bits per heavy atom. The van der Waals surface area contributed by atoms with Gasteiger partial charge in [-0.05, 0) is 18.8 Å². The maximum Gasteiger partial charge on any atom is 0.271 e. The van der Waals surface area contributed by atoms with Crippen molar-refractivity contribution in [1.82, 2.24) is 5.32 Å². The molecule has 1 amide bonds. The first-order valence-electron chi connectivity index (χ1n) is 6.48. The second-order valence-corrected chi connectivity index (χ2v) is 5.61. The topological polar surface area (TPSA) is 81.5 Å². The lowest BCUT2D eigenvalue weighted by atomic mass is 10.2. The Morgan fingerprint density at radius 2 is 2.14 bits per heavy atom. The molecule has 1 aliphatic carbocycles. The van der Waals surface area contributed by atoms with Crippen molar-refractivity contribution in [2.24, 2.45) is 5.92 Å². The van der Waals surface area contributed by atoms with Gasteiger partial charge in [0.05, 0.1) is 27.1 Å². The Bertz CT molecular complexity index is 561. The first-order chi connectivity index (χ1) is 9.99. The Kier molecular flexibility index (Phi) is 5.39. The first-order valence-corrected chi connectivity index (χ1v) is 7.24. The molecule has 1 fully saturated rings. The molecule has 0 aliphatic heterocycles. The maximum absolute atomic E-state index is 12.0. The zero-order chi connectivity index (χ0) is 15.4. The molecule has 1 aromatic rings. The second kappa shape index (κ2) is 7.06. The molecule has 114 valence electrons. The number of nitro groups is 1. The summed E-state index contributed by atoms with van der Waals surface area (Å²) in [6, 6.07) is 2.22. The van der Waals surface area contributed by atoms with Crippen molar-refractivity contribution in [3.8, 4) is 0 Å². The average molecular weight is 333 g/mol. The van der Waals surface area contributed by atoms with Gasteiger partial charge in [0.2, 0.25) is 0 Å². The van der Waals surface area contributed by atoms with Crippen LogP contribution in [0.15, 0.2) is 12.1 Å². The van der Waals surface area contributed by atoms with Crippen molar-refractivity contribution in [1.29, 1.82) is 0 Å². The second-order valence-electron chi connectivity index (χ2n) is 4.82. The Morgan fingerprint density at radius 1 is 1.43 bits per heavy atom. The molecule has 8 heteroatoms. The Balaban J connectivity index is 1.92. The summed E-state index contributed by atoms with van der Waals surface area (Å²) in [5, 5.41) is 13.3. The van der Waals surface area contributed by atoms with E-state index < -0.39 is 10.8 Å². The van der Waals surface area contributed by atoms with Crippen molar-refractivity contribution < 1.29 is 14.5 Å². The third-order valence-corrected chi connectivity index (χ3v) is 3.85. The normalized spacial score (nSPS) is 14.0. The fourth-order valence-corrected chi connectivity index (χ4v) is 2.12. The van der Waals surface area contributed by atoms with E-state index in [9.17, 15) is 14.9 Å². The lowest BCUT2D eigenvalue weighted by Gasteiger charge is -2.08. The van der Waals surface area contributed by atoms with Crippen LogP contribution in [0.25, 0.3) is 0 Å². The molecule has 6 nitrogen and oxygen atoms in total. The monoisotopic (exact) mass is 332 g/mol. The molecule has 0 aromatic heterocycles. The summed E-state index contributed by atoms with van der Waals surface area (Å²) >= 11 is 11.7. The summed E-state index contributed by atoms with van der Waals surface area (Å²) in [7, 11) is 0. The predicted molar refractivity (Wildman–Crippen MR) is 79.0 cm³/mol. The van der Waals surface area contributed by atoms with Crippen LogP contribution in [0.3, 0.4) is 0 Å². The molecule has 2 rings (SSSR count). The van der Waals surface area contributed by atoms with E-state index in [4.69, 9.17) is 27.9 Å². The van der Waals surface area contributed by atoms with Gasteiger partial charge in [0.15, 0.2) is 0 Å². The van der Waals surface area contributed by atoms with Gasteiger partial charge in [-0.3, -0.25) is 14.9 Å². The predicted octanol–water partition coefficient (Wildman–Crippen LogP) is 3.06. The van der Waals surface area contributed by atoms with Gasteiger partial charge in [0, 0.05) is 25.3 Å². The summed E-state index contributed by atoms with van der Waals surface area (Å²) in [6.07, 6.45) is 2.41. The summed E-state index contributed by atoms with van der Waals surface area (Å²) in [5.41, 5.74) is -0.294. The molecule has 1 aromatic carbocycles. The van der Waals surface area contributed by atoms with Crippen LogP contribution in [-0.2, 0) is 4.74 Å². The number of ether oxygens (including phenoxy) is 1. The zero-order valence-electron chi connectivity index (χ0n) is 11.1. The van der Waals surface area contributed by atoms with E-state index in [0.717, 1.165) is 12.1 Å². The third-order valence-electron chi connectivity index (χ3n) is 3.05. The fourth-order valence-electron chi connectivity index (χ4n) is 1.71. The average Bonchev–Trinajstić information content (AvgIpc) is 3.25. The molecule has 21 heavy (non-hydrogen) atoms. The van der Waals surface area contributed by atoms with Crippen LogP contribution in [-0.4, -0.2) is 30.6 Å². The van der Waals surface area contributed by atoms with Gasteiger partial charge in [0.25, 0.3) is 11.6 Å². The van der Waals surface area contributed by atoms with Gasteiger partial charge in [-0.15, -0.1) is 0 Å². The highest BCUT2D eigenvalue weighted by Crippen LogP contribution is 2.31. The number of rotatable bonds is 7. The van der Waals surface area contributed by atoms with Gasteiger partial charge >= 0.3 is 0 Å². The molecule has 0 atom stereocenters. The minimum Gasteiger partial charge on any atom is -0.379 e. The molecular formula is C13H14Cl2N2O4. The number of carbonyl (C=O) groups excluding carboxylic acids is 1. The van der Waals surface area contributed by atoms with E-state index in [0.29, 0.717) is 25.7 Å². The van der Waals surface area contributed by atoms with Crippen LogP contribution in [0.4, 0.5) is 5.69 Å². The largest absolute Gasteiger partial charge is 0.379 e. The summed E-state index contributed by atoms with van der Waals surface area (Å²) in [5.74, 6) is 0.145. The number of hydrogen-bond acceptors (Lipinski definition) is 4. The van der Waals surface area contributed by atoms with Crippen molar-refractivity contribution in [3.05, 3.63) is 37.9 Å². The van der Waals surface area contributed by atoms with Crippen LogP contribution in [0.2, 0.25) is 10.0 Å². The number of amides is 1. The number of nitrogens with one attached hydrogen (secondary N) is 1. The van der Waals surface area contributed by atoms with Gasteiger partial charge in [0.1, 0.15) is 0 Å². The highest BCUT2D eigenvalue weighted by atomic mass is 35.5. The number of hydrogen-bond donors (Lipinski definition) is 1. The Hall–Kier alpha value is -1.37. The number of nitro benzene ring substituents is 1. The van der Waals surface area contributed by atoms with Crippen LogP contribution >= 0.6 is 23.2 Å². The van der Waals surface area contributed by atoms with Gasteiger partial charge < -0.3 is 10.1 Å². The number of benzene rings is 1. The van der Waals surface area contributed by atoms with Gasteiger partial charge in [-0.25, -0.2) is 0 Å². The standard InChI is InChI=1S/C13H14Cl2N2O4/c14-11-6-9(17(19)20)5-10(12(11)15)13(18)16-3-4-21-7-8-1-2-8/h5-6,8H,1-4,7H2,(H,16,18). The van der Waals surface area contributed by atoms with Gasteiger partial charge in [-0.1, -0.05) is 23.2 Å². The zero-order valence-corrected chi connectivity index (χ0v) is 12.6. The smallest absolute Gasteiger partial charge is 0.271 e. The molecule has 0 saturated heterocycles. The fraction of sp³-hybridized carbons (Fsp3) is 0.462. The molecule has 1 saturated carbocycles. The minimum absolute atomic E-state index is 0.00124. The molecule has 0 unspecified atom stereocenters. The van der Waals surface area contributed by atoms with E-state index in [1.165, 1.54) is 12.8 Å². The number of non-ortho nitro benzene ring substituents is 1. The van der Waals surface area contributed by atoms with E-state index in [1.807, 2.05) is 0 Å². The van der Waals surface area contributed by atoms with Crippen molar-refractivity contribution in [3.63, 3.8) is 0 Å². The van der Waals surface area contributed by atoms with Crippen LogP contribution in [0, 0.1) is 16.0 Å². The molecule has 0 heterocycles. The molecule has 0 radical (unpaired) electrons. The lowest BCUT2D eigenvalue weighted by molar-refractivity contribution is -0.384. The van der Waals surface area contributed by atoms with E-state index in [2.05, 4.69) is 5.32 Å². The molecule has 0 spiro atoms. The summed E-state index contributed by atoms with van der Waals surface area (Å²) in [6.45, 7) is 1.41. The maximum atomic E-state index is 12.0. The van der Waals surface area contributed by atoms with Crippen molar-refractivity contribution in [2.45, 2.75) is 12.8 Å². The van der Waals surface area contributed by atoms with E-state index in [-0.39, 0.29) is 21.3 Å². The molecular weight excluding hydrogens is 319 g/mol. The molecule has 1 N–H and O–H groups in total. The number of carbonyl (C=O) groups is 1. The van der Waals surface area contributed by atoms with E-state index in [1.54, 1.807) is 0 Å². The number of nitrogens with zero attached hydrogens (tertiary/aromatic N) is 1. The minimum atomic E-state index is -0.627. The quantitative estimate of drug-likeness (QED) is 0.472. The van der Waals surface area contributed by atoms with Crippen LogP contribution in [0.1, 0.15) is 23.2 Å². The Labute approximate surface area is 131 Å². The summed E-state index contributed by atoms with van der Waals surface area (Å²) < 4.78 is 5.38. The van der Waals surface area contributed by atoms with Crippen molar-refractivity contribution in [2.75, 3.05) is 19.8 Å². The highest BCUT2D eigenvalue weighted by Gasteiger charge is 2.21. The highest BCUT2D eigenvalue weighted by molar-refractivity contribution is 6.44. The third kappa shape index (κ3) is 4.56. The molecule has 0 bridgehead atoms. The van der Waals surface area contributed by atoms with Gasteiger partial charge in [-0.2, -0.15) is 0 Å². The number of halogens is 2.